The van der Waals surface area contributed by atoms with E-state index in [-0.39, 0.29) is 5.56 Å². The molecule has 1 N–H and O–H groups in total. The maximum absolute atomic E-state index is 14.8. The zero-order valence-electron chi connectivity index (χ0n) is 15.5. The Kier molecular flexibility index (Phi) is 6.30. The van der Waals surface area contributed by atoms with Crippen LogP contribution in [0.25, 0.3) is 0 Å². The van der Waals surface area contributed by atoms with Crippen LogP contribution in [0, 0.1) is 5.82 Å². The second kappa shape index (κ2) is 7.53. The van der Waals surface area contributed by atoms with Gasteiger partial charge in [-0.05, 0) is 33.8 Å². The number of benzene rings is 1. The van der Waals surface area contributed by atoms with E-state index in [1.165, 1.54) is 13.0 Å². The summed E-state index contributed by atoms with van der Waals surface area (Å²) in [5.41, 5.74) is -2.30. The van der Waals surface area contributed by atoms with Crippen molar-refractivity contribution in [2.24, 2.45) is 0 Å². The van der Waals surface area contributed by atoms with Crippen LogP contribution in [0.15, 0.2) is 18.2 Å². The van der Waals surface area contributed by atoms with Crippen LogP contribution >= 0.6 is 0 Å². The molecule has 0 saturated carbocycles. The lowest BCUT2D eigenvalue weighted by Crippen LogP contribution is -2.46. The molecular weight excluding hydrogens is 353 g/mol. The van der Waals surface area contributed by atoms with E-state index in [1.54, 1.807) is 20.8 Å². The molecule has 1 atom stereocenters. The second-order valence-electron chi connectivity index (χ2n) is 6.77. The predicted molar refractivity (Wildman–Crippen MR) is 88.1 cm³/mol. The Hall–Kier alpha value is -2.29. The first-order valence-electron chi connectivity index (χ1n) is 7.78. The number of nitrogens with zero attached hydrogens (tertiary/aromatic N) is 2. The van der Waals surface area contributed by atoms with Gasteiger partial charge in [-0.15, -0.1) is 0 Å². The Balaban J connectivity index is 3.45. The van der Waals surface area contributed by atoms with Crippen LogP contribution in [-0.4, -0.2) is 46.8 Å². The number of amides is 2. The third kappa shape index (κ3) is 4.09. The summed E-state index contributed by atoms with van der Waals surface area (Å²) in [7, 11) is 2.00. The number of hydrogen-bond acceptors (Lipinski definition) is 3. The smallest absolute Gasteiger partial charge is 0.408 e. The van der Waals surface area contributed by atoms with E-state index in [1.807, 2.05) is 0 Å². The number of halogens is 3. The van der Waals surface area contributed by atoms with Crippen LogP contribution in [0.3, 0.4) is 0 Å². The molecule has 0 radical (unpaired) electrons. The SMILES string of the molecule is CON(C)C(=O)C(F)(F)c1cccc(C(C)N(C(=O)O)C(C)(C)C)c1F. The first-order chi connectivity index (χ1) is 11.8. The van der Waals surface area contributed by atoms with Gasteiger partial charge in [0.15, 0.2) is 0 Å². The van der Waals surface area contributed by atoms with Crippen LogP contribution < -0.4 is 0 Å². The topological polar surface area (TPSA) is 70.1 Å². The van der Waals surface area contributed by atoms with Crippen LogP contribution in [0.5, 0.6) is 0 Å². The summed E-state index contributed by atoms with van der Waals surface area (Å²) in [5, 5.41) is 9.73. The van der Waals surface area contributed by atoms with Gasteiger partial charge in [0.2, 0.25) is 0 Å². The average Bonchev–Trinajstić information content (AvgIpc) is 2.51. The Labute approximate surface area is 150 Å². The fourth-order valence-electron chi connectivity index (χ4n) is 2.68. The van der Waals surface area contributed by atoms with Gasteiger partial charge in [0.25, 0.3) is 0 Å². The molecule has 0 bridgehead atoms. The molecule has 146 valence electrons. The van der Waals surface area contributed by atoms with Gasteiger partial charge >= 0.3 is 17.9 Å². The van der Waals surface area contributed by atoms with Gasteiger partial charge in [-0.1, -0.05) is 12.1 Å². The monoisotopic (exact) mass is 376 g/mol. The normalized spacial score (nSPS) is 13.3. The second-order valence-corrected chi connectivity index (χ2v) is 6.77. The van der Waals surface area contributed by atoms with Crippen molar-refractivity contribution in [3.05, 3.63) is 35.1 Å². The Morgan fingerprint density at radius 1 is 1.23 bits per heavy atom. The van der Waals surface area contributed by atoms with Gasteiger partial charge < -0.3 is 5.11 Å². The zero-order chi connectivity index (χ0) is 20.4. The summed E-state index contributed by atoms with van der Waals surface area (Å²) in [6.07, 6.45) is -1.32. The highest BCUT2D eigenvalue weighted by molar-refractivity contribution is 5.84. The van der Waals surface area contributed by atoms with Crippen molar-refractivity contribution in [2.45, 2.75) is 45.2 Å². The fraction of sp³-hybridized carbons (Fsp3) is 0.529. The minimum absolute atomic E-state index is 0.257. The molecule has 1 unspecified atom stereocenters. The van der Waals surface area contributed by atoms with Crippen molar-refractivity contribution < 1.29 is 32.7 Å². The number of likely N-dealkylation sites (N-methyl/N-ethyl adjacent to an activating group) is 1. The molecule has 2 amide bonds. The highest BCUT2D eigenvalue weighted by Gasteiger charge is 2.46. The van der Waals surface area contributed by atoms with Crippen LogP contribution in [0.1, 0.15) is 44.9 Å². The van der Waals surface area contributed by atoms with Gasteiger partial charge in [-0.2, -0.15) is 8.78 Å². The van der Waals surface area contributed by atoms with Crippen molar-refractivity contribution in [3.8, 4) is 0 Å². The summed E-state index contributed by atoms with van der Waals surface area (Å²) < 4.78 is 43.7. The molecule has 1 aromatic rings. The van der Waals surface area contributed by atoms with Crippen molar-refractivity contribution in [3.63, 3.8) is 0 Å². The summed E-state index contributed by atoms with van der Waals surface area (Å²) >= 11 is 0. The lowest BCUT2D eigenvalue weighted by molar-refractivity contribution is -0.196. The Morgan fingerprint density at radius 3 is 2.19 bits per heavy atom. The maximum atomic E-state index is 14.8. The van der Waals surface area contributed by atoms with E-state index in [2.05, 4.69) is 4.84 Å². The minimum atomic E-state index is -4.18. The van der Waals surface area contributed by atoms with E-state index in [9.17, 15) is 27.9 Å². The Bertz CT molecular complexity index is 689. The zero-order valence-corrected chi connectivity index (χ0v) is 15.5. The highest BCUT2D eigenvalue weighted by atomic mass is 19.3. The summed E-state index contributed by atoms with van der Waals surface area (Å²) in [4.78, 5) is 28.8. The predicted octanol–water partition coefficient (Wildman–Crippen LogP) is 3.78. The largest absolute Gasteiger partial charge is 0.465 e. The molecule has 0 aliphatic carbocycles. The quantitative estimate of drug-likeness (QED) is 0.794. The van der Waals surface area contributed by atoms with Crippen molar-refractivity contribution in [1.29, 1.82) is 0 Å². The molecule has 1 rings (SSSR count). The third-order valence-corrected chi connectivity index (χ3v) is 3.96. The van der Waals surface area contributed by atoms with Crippen molar-refractivity contribution in [2.75, 3.05) is 14.2 Å². The molecule has 9 heteroatoms. The van der Waals surface area contributed by atoms with Gasteiger partial charge in [-0.3, -0.25) is 14.5 Å². The van der Waals surface area contributed by atoms with Gasteiger partial charge in [0.05, 0.1) is 18.7 Å². The first kappa shape index (κ1) is 21.8. The number of alkyl halides is 2. The molecule has 1 aromatic carbocycles. The van der Waals surface area contributed by atoms with Gasteiger partial charge in [0, 0.05) is 18.2 Å². The molecule has 0 aliphatic rings. The van der Waals surface area contributed by atoms with E-state index in [0.717, 1.165) is 31.2 Å². The van der Waals surface area contributed by atoms with Crippen LogP contribution in [0.2, 0.25) is 0 Å². The Morgan fingerprint density at radius 2 is 1.77 bits per heavy atom. The molecular formula is C17H23F3N2O4. The standard InChI is InChI=1S/C17H23F3N2O4/c1-10(22(15(24)25)16(2,3)4)11-8-7-9-12(13(11)18)17(19,20)14(23)21(5)26-6/h7-10H,1-6H3,(H,24,25). The van der Waals surface area contributed by atoms with E-state index in [0.29, 0.717) is 5.06 Å². The molecule has 26 heavy (non-hydrogen) atoms. The number of carboxylic acid groups (broad SMARTS) is 1. The molecule has 0 aliphatic heterocycles. The molecule has 0 aromatic heterocycles. The minimum Gasteiger partial charge on any atom is -0.465 e. The molecule has 0 spiro atoms. The summed E-state index contributed by atoms with van der Waals surface area (Å²) in [5.74, 6) is -7.26. The van der Waals surface area contributed by atoms with Gasteiger partial charge in [0.1, 0.15) is 5.82 Å². The number of hydroxylamine groups is 2. The molecule has 6 nitrogen and oxygen atoms in total. The van der Waals surface area contributed by atoms with Crippen molar-refractivity contribution >= 4 is 12.0 Å². The first-order valence-corrected chi connectivity index (χ1v) is 7.78. The van der Waals surface area contributed by atoms with E-state index >= 15 is 0 Å². The highest BCUT2D eigenvalue weighted by Crippen LogP contribution is 2.37. The number of rotatable bonds is 5. The maximum Gasteiger partial charge on any atom is 0.408 e. The molecule has 0 saturated heterocycles. The number of carbonyl (C=O) groups excluding carboxylic acids is 1. The lowest BCUT2D eigenvalue weighted by atomic mass is 9.96. The van der Waals surface area contributed by atoms with Crippen LogP contribution in [-0.2, 0) is 15.6 Å². The fourth-order valence-corrected chi connectivity index (χ4v) is 2.68. The summed E-state index contributed by atoms with van der Waals surface area (Å²) in [6.45, 7) is 6.20. The molecule has 0 fully saturated rings. The van der Waals surface area contributed by atoms with Crippen molar-refractivity contribution in [1.82, 2.24) is 9.96 Å². The number of hydrogen-bond donors (Lipinski definition) is 1. The number of carbonyl (C=O) groups is 2. The summed E-state index contributed by atoms with van der Waals surface area (Å²) in [6, 6.07) is 2.10. The molecule has 0 heterocycles. The lowest BCUT2D eigenvalue weighted by Gasteiger charge is -2.38. The third-order valence-electron chi connectivity index (χ3n) is 3.96. The van der Waals surface area contributed by atoms with Crippen LogP contribution in [0.4, 0.5) is 18.0 Å². The van der Waals surface area contributed by atoms with E-state index in [4.69, 9.17) is 0 Å². The van der Waals surface area contributed by atoms with E-state index < -0.39 is 40.9 Å². The average molecular weight is 376 g/mol. The van der Waals surface area contributed by atoms with Gasteiger partial charge in [-0.25, -0.2) is 14.2 Å².